The summed E-state index contributed by atoms with van der Waals surface area (Å²) in [6.45, 7) is 5.86. The molecule has 0 aliphatic carbocycles. The largest absolute Gasteiger partial charge is 0.481 e. The summed E-state index contributed by atoms with van der Waals surface area (Å²) in [7, 11) is 0. The molecular formula is C10H20N2O2S. The lowest BCUT2D eigenvalue weighted by Crippen LogP contribution is -2.38. The Labute approximate surface area is 96.2 Å². The number of aliphatic carboxylic acids is 1. The highest BCUT2D eigenvalue weighted by molar-refractivity contribution is 7.80. The van der Waals surface area contributed by atoms with Crippen molar-refractivity contribution in [3.8, 4) is 0 Å². The minimum Gasteiger partial charge on any atom is -0.481 e. The number of nitrogens with two attached hydrogens (primary N) is 1. The summed E-state index contributed by atoms with van der Waals surface area (Å²) in [5.41, 5.74) is 5.85. The van der Waals surface area contributed by atoms with E-state index in [1.165, 1.54) is 0 Å². The summed E-state index contributed by atoms with van der Waals surface area (Å²) in [6, 6.07) is -0.114. The van der Waals surface area contributed by atoms with Gasteiger partial charge in [-0.15, -0.1) is 0 Å². The average molecular weight is 232 g/mol. The van der Waals surface area contributed by atoms with Crippen molar-refractivity contribution in [3.05, 3.63) is 0 Å². The van der Waals surface area contributed by atoms with Crippen LogP contribution in [0.25, 0.3) is 0 Å². The van der Waals surface area contributed by atoms with Gasteiger partial charge in [-0.2, -0.15) is 0 Å². The first kappa shape index (κ1) is 14.3. The Morgan fingerprint density at radius 3 is 2.33 bits per heavy atom. The molecular weight excluding hydrogens is 212 g/mol. The molecule has 4 nitrogen and oxygen atoms in total. The molecule has 4 N–H and O–H groups in total. The van der Waals surface area contributed by atoms with Crippen molar-refractivity contribution >= 4 is 23.2 Å². The zero-order chi connectivity index (χ0) is 12.0. The SMILES string of the molecule is CC(C)[C@H](N)CC(=S)N[C@@H](C)CC(=O)O. The van der Waals surface area contributed by atoms with Crippen molar-refractivity contribution in [3.63, 3.8) is 0 Å². The number of carbonyl (C=O) groups is 1. The van der Waals surface area contributed by atoms with Crippen molar-refractivity contribution in [2.75, 3.05) is 0 Å². The summed E-state index contributed by atoms with van der Waals surface area (Å²) in [4.78, 5) is 11.1. The van der Waals surface area contributed by atoms with Gasteiger partial charge in [-0.05, 0) is 12.8 Å². The Morgan fingerprint density at radius 2 is 1.93 bits per heavy atom. The molecule has 0 fully saturated rings. The molecule has 0 amide bonds. The van der Waals surface area contributed by atoms with Crippen LogP contribution in [0.3, 0.4) is 0 Å². The fourth-order valence-electron chi connectivity index (χ4n) is 1.10. The van der Waals surface area contributed by atoms with Crippen LogP contribution < -0.4 is 11.1 Å². The number of nitrogens with one attached hydrogen (secondary N) is 1. The maximum Gasteiger partial charge on any atom is 0.305 e. The van der Waals surface area contributed by atoms with Gasteiger partial charge in [0.15, 0.2) is 0 Å². The van der Waals surface area contributed by atoms with E-state index in [4.69, 9.17) is 23.1 Å². The van der Waals surface area contributed by atoms with E-state index in [1.54, 1.807) is 6.92 Å². The summed E-state index contributed by atoms with van der Waals surface area (Å²) >= 11 is 5.09. The van der Waals surface area contributed by atoms with Gasteiger partial charge in [0.1, 0.15) is 0 Å². The predicted octanol–water partition coefficient (Wildman–Crippen LogP) is 1.14. The molecule has 0 unspecified atom stereocenters. The Balaban J connectivity index is 3.88. The van der Waals surface area contributed by atoms with Crippen molar-refractivity contribution in [1.82, 2.24) is 5.32 Å². The van der Waals surface area contributed by atoms with Crippen LogP contribution in [0.15, 0.2) is 0 Å². The molecule has 15 heavy (non-hydrogen) atoms. The van der Waals surface area contributed by atoms with Gasteiger partial charge in [0.25, 0.3) is 0 Å². The number of hydrogen-bond acceptors (Lipinski definition) is 3. The van der Waals surface area contributed by atoms with Crippen LogP contribution in [0, 0.1) is 5.92 Å². The normalized spacial score (nSPS) is 14.7. The van der Waals surface area contributed by atoms with Crippen LogP contribution >= 0.6 is 12.2 Å². The zero-order valence-corrected chi connectivity index (χ0v) is 10.3. The molecule has 0 saturated heterocycles. The van der Waals surface area contributed by atoms with Gasteiger partial charge >= 0.3 is 5.97 Å². The maximum absolute atomic E-state index is 10.4. The van der Waals surface area contributed by atoms with E-state index in [0.717, 1.165) is 0 Å². The lowest BCUT2D eigenvalue weighted by Gasteiger charge is -2.19. The van der Waals surface area contributed by atoms with Crippen LogP contribution in [0.4, 0.5) is 0 Å². The van der Waals surface area contributed by atoms with Crippen LogP contribution in [0.2, 0.25) is 0 Å². The van der Waals surface area contributed by atoms with E-state index in [2.05, 4.69) is 5.32 Å². The third-order valence-electron chi connectivity index (χ3n) is 2.17. The number of carboxylic acids is 1. The topological polar surface area (TPSA) is 75.3 Å². The van der Waals surface area contributed by atoms with Crippen LogP contribution in [0.1, 0.15) is 33.6 Å². The van der Waals surface area contributed by atoms with Gasteiger partial charge in [0, 0.05) is 18.5 Å². The van der Waals surface area contributed by atoms with Crippen molar-refractivity contribution in [2.24, 2.45) is 11.7 Å². The second kappa shape index (κ2) is 6.74. The lowest BCUT2D eigenvalue weighted by atomic mass is 10.0. The lowest BCUT2D eigenvalue weighted by molar-refractivity contribution is -0.137. The van der Waals surface area contributed by atoms with E-state index < -0.39 is 5.97 Å². The molecule has 0 radical (unpaired) electrons. The van der Waals surface area contributed by atoms with E-state index in [-0.39, 0.29) is 18.5 Å². The van der Waals surface area contributed by atoms with Gasteiger partial charge in [0.2, 0.25) is 0 Å². The molecule has 0 aromatic carbocycles. The first-order valence-electron chi connectivity index (χ1n) is 5.09. The minimum atomic E-state index is -0.828. The molecule has 5 heteroatoms. The van der Waals surface area contributed by atoms with Crippen LogP contribution in [-0.2, 0) is 4.79 Å². The van der Waals surface area contributed by atoms with E-state index in [9.17, 15) is 4.79 Å². The Morgan fingerprint density at radius 1 is 1.40 bits per heavy atom. The number of thiocarbonyl (C=S) groups is 1. The minimum absolute atomic E-state index is 0.0297. The predicted molar refractivity (Wildman–Crippen MR) is 64.9 cm³/mol. The zero-order valence-electron chi connectivity index (χ0n) is 9.49. The Bertz CT molecular complexity index is 231. The molecule has 0 heterocycles. The third kappa shape index (κ3) is 7.27. The average Bonchev–Trinajstić information content (AvgIpc) is 2.00. The molecule has 0 aromatic heterocycles. The van der Waals surface area contributed by atoms with Crippen molar-refractivity contribution in [2.45, 2.75) is 45.7 Å². The molecule has 2 atom stereocenters. The highest BCUT2D eigenvalue weighted by atomic mass is 32.1. The summed E-state index contributed by atoms with van der Waals surface area (Å²) < 4.78 is 0. The van der Waals surface area contributed by atoms with Crippen LogP contribution in [0.5, 0.6) is 0 Å². The van der Waals surface area contributed by atoms with E-state index >= 15 is 0 Å². The second-order valence-electron chi connectivity index (χ2n) is 4.18. The summed E-state index contributed by atoms with van der Waals surface area (Å²) in [6.07, 6.45) is 0.675. The fraction of sp³-hybridized carbons (Fsp3) is 0.800. The highest BCUT2D eigenvalue weighted by Crippen LogP contribution is 2.04. The maximum atomic E-state index is 10.4. The molecule has 0 spiro atoms. The van der Waals surface area contributed by atoms with Crippen molar-refractivity contribution < 1.29 is 9.90 Å². The smallest absolute Gasteiger partial charge is 0.305 e. The van der Waals surface area contributed by atoms with E-state index in [0.29, 0.717) is 17.3 Å². The number of carboxylic acid groups (broad SMARTS) is 1. The third-order valence-corrected chi connectivity index (χ3v) is 2.45. The first-order chi connectivity index (χ1) is 6.82. The highest BCUT2D eigenvalue weighted by Gasteiger charge is 2.13. The number of hydrogen-bond donors (Lipinski definition) is 3. The van der Waals surface area contributed by atoms with Gasteiger partial charge in [-0.25, -0.2) is 0 Å². The molecule has 88 valence electrons. The molecule has 0 aromatic rings. The molecule has 0 saturated carbocycles. The molecule has 0 aliphatic heterocycles. The first-order valence-corrected chi connectivity index (χ1v) is 5.50. The molecule has 0 rings (SSSR count). The van der Waals surface area contributed by atoms with Crippen molar-refractivity contribution in [1.29, 1.82) is 0 Å². The van der Waals surface area contributed by atoms with Gasteiger partial charge in [0.05, 0.1) is 11.4 Å². The standard InChI is InChI=1S/C10H20N2O2S/c1-6(2)8(11)5-9(15)12-7(3)4-10(13)14/h6-8H,4-5,11H2,1-3H3,(H,12,15)(H,13,14)/t7-,8+/m0/s1. The Hall–Kier alpha value is -0.680. The summed E-state index contributed by atoms with van der Waals surface area (Å²) in [5.74, 6) is -0.453. The molecule has 0 aliphatic rings. The van der Waals surface area contributed by atoms with Gasteiger partial charge in [-0.1, -0.05) is 26.1 Å². The molecule has 0 bridgehead atoms. The second-order valence-corrected chi connectivity index (χ2v) is 4.67. The fourth-order valence-corrected chi connectivity index (χ4v) is 1.49. The monoisotopic (exact) mass is 232 g/mol. The van der Waals surface area contributed by atoms with E-state index in [1.807, 2.05) is 13.8 Å². The van der Waals surface area contributed by atoms with Gasteiger partial charge in [-0.3, -0.25) is 4.79 Å². The Kier molecular flexibility index (Phi) is 6.43. The van der Waals surface area contributed by atoms with Gasteiger partial charge < -0.3 is 16.2 Å². The van der Waals surface area contributed by atoms with Crippen LogP contribution in [-0.4, -0.2) is 28.1 Å². The summed E-state index contributed by atoms with van der Waals surface area (Å²) in [5, 5.41) is 11.5. The quantitative estimate of drug-likeness (QED) is 0.599. The number of rotatable bonds is 6.